The van der Waals surface area contributed by atoms with Crippen LogP contribution < -0.4 is 16.0 Å². The Kier molecular flexibility index (Phi) is 7.00. The van der Waals surface area contributed by atoms with Crippen LogP contribution in [0.25, 0.3) is 0 Å². The van der Waals surface area contributed by atoms with Gasteiger partial charge in [0.15, 0.2) is 0 Å². The van der Waals surface area contributed by atoms with Crippen LogP contribution in [0.4, 0.5) is 0 Å². The third kappa shape index (κ3) is 6.01. The van der Waals surface area contributed by atoms with Crippen molar-refractivity contribution in [1.29, 1.82) is 0 Å². The molecule has 0 atom stereocenters. The van der Waals surface area contributed by atoms with Crippen molar-refractivity contribution >= 4 is 5.91 Å². The first-order valence-corrected chi connectivity index (χ1v) is 6.54. The van der Waals surface area contributed by atoms with Crippen molar-refractivity contribution in [3.63, 3.8) is 0 Å². The van der Waals surface area contributed by atoms with Gasteiger partial charge in [0.1, 0.15) is 5.75 Å². The maximum atomic E-state index is 11.1. The van der Waals surface area contributed by atoms with Crippen molar-refractivity contribution in [2.45, 2.75) is 6.54 Å². The summed E-state index contributed by atoms with van der Waals surface area (Å²) in [6, 6.07) is 8.03. The number of benzene rings is 1. The van der Waals surface area contributed by atoms with Crippen LogP contribution in [0.15, 0.2) is 24.3 Å². The van der Waals surface area contributed by atoms with E-state index < -0.39 is 0 Å². The molecule has 112 valence electrons. The van der Waals surface area contributed by atoms with Crippen molar-refractivity contribution in [2.75, 3.05) is 40.8 Å². The van der Waals surface area contributed by atoms with Gasteiger partial charge in [-0.2, -0.15) is 0 Å². The van der Waals surface area contributed by atoms with Crippen LogP contribution in [-0.2, 0) is 11.3 Å². The first-order valence-electron chi connectivity index (χ1n) is 6.54. The van der Waals surface area contributed by atoms with Crippen LogP contribution in [-0.4, -0.2) is 56.5 Å². The molecule has 0 saturated carbocycles. The van der Waals surface area contributed by atoms with E-state index in [0.717, 1.165) is 25.4 Å². The van der Waals surface area contributed by atoms with Gasteiger partial charge in [0.2, 0.25) is 5.91 Å². The minimum atomic E-state index is -0.176. The van der Waals surface area contributed by atoms with E-state index in [9.17, 15) is 4.79 Å². The highest BCUT2D eigenvalue weighted by Crippen LogP contribution is 2.12. The molecule has 20 heavy (non-hydrogen) atoms. The molecule has 0 aliphatic carbocycles. The average molecular weight is 280 g/mol. The summed E-state index contributed by atoms with van der Waals surface area (Å²) in [7, 11) is 5.62. The summed E-state index contributed by atoms with van der Waals surface area (Å²) in [6.45, 7) is 2.86. The summed E-state index contributed by atoms with van der Waals surface area (Å²) >= 11 is 0. The van der Waals surface area contributed by atoms with Gasteiger partial charge in [0.25, 0.3) is 0 Å². The van der Waals surface area contributed by atoms with Gasteiger partial charge in [-0.3, -0.25) is 15.1 Å². The first kappa shape index (κ1) is 16.4. The summed E-state index contributed by atoms with van der Waals surface area (Å²) in [5, 5.41) is 0. The van der Waals surface area contributed by atoms with Gasteiger partial charge >= 0.3 is 0 Å². The van der Waals surface area contributed by atoms with Crippen molar-refractivity contribution in [3.8, 4) is 5.75 Å². The third-order valence-electron chi connectivity index (χ3n) is 3.05. The van der Waals surface area contributed by atoms with Crippen molar-refractivity contribution in [1.82, 2.24) is 15.2 Å². The van der Waals surface area contributed by atoms with Crippen LogP contribution in [0.2, 0.25) is 0 Å². The minimum Gasteiger partial charge on any atom is -0.497 e. The van der Waals surface area contributed by atoms with E-state index >= 15 is 0 Å². The second-order valence-electron chi connectivity index (χ2n) is 4.89. The number of rotatable bonds is 8. The summed E-state index contributed by atoms with van der Waals surface area (Å²) in [5.74, 6) is 5.74. The maximum absolute atomic E-state index is 11.1. The molecule has 1 aromatic rings. The lowest BCUT2D eigenvalue weighted by molar-refractivity contribution is -0.122. The number of carbonyl (C=O) groups excluding carboxylic acids is 1. The summed E-state index contributed by atoms with van der Waals surface area (Å²) in [4.78, 5) is 15.3. The molecule has 0 spiro atoms. The largest absolute Gasteiger partial charge is 0.497 e. The predicted octanol–water partition coefficient (Wildman–Crippen LogP) is 0.0487. The summed E-state index contributed by atoms with van der Waals surface area (Å²) in [5.41, 5.74) is 3.36. The SMILES string of the molecule is COc1ccc(CN(C)CCN(C)CC(=O)NN)cc1. The van der Waals surface area contributed by atoms with Gasteiger partial charge in [0.05, 0.1) is 13.7 Å². The Balaban J connectivity index is 2.31. The van der Waals surface area contributed by atoms with E-state index in [1.165, 1.54) is 5.56 Å². The Morgan fingerprint density at radius 1 is 1.20 bits per heavy atom. The van der Waals surface area contributed by atoms with Crippen molar-refractivity contribution < 1.29 is 9.53 Å². The fourth-order valence-electron chi connectivity index (χ4n) is 1.83. The molecular weight excluding hydrogens is 256 g/mol. The highest BCUT2D eigenvalue weighted by molar-refractivity contribution is 5.77. The normalized spacial score (nSPS) is 10.9. The minimum absolute atomic E-state index is 0.176. The number of carbonyl (C=O) groups is 1. The van der Waals surface area contributed by atoms with E-state index in [4.69, 9.17) is 10.6 Å². The first-order chi connectivity index (χ1) is 9.55. The number of nitrogens with zero attached hydrogens (tertiary/aromatic N) is 2. The molecule has 1 aromatic carbocycles. The van der Waals surface area contributed by atoms with Crippen LogP contribution in [0, 0.1) is 0 Å². The highest BCUT2D eigenvalue weighted by Gasteiger charge is 2.06. The average Bonchev–Trinajstić information content (AvgIpc) is 2.45. The predicted molar refractivity (Wildman–Crippen MR) is 79.2 cm³/mol. The number of hydrazine groups is 1. The van der Waals surface area contributed by atoms with Crippen LogP contribution in [0.5, 0.6) is 5.75 Å². The van der Waals surface area contributed by atoms with E-state index in [0.29, 0.717) is 6.54 Å². The molecule has 0 aromatic heterocycles. The summed E-state index contributed by atoms with van der Waals surface area (Å²) in [6.07, 6.45) is 0. The number of amides is 1. The van der Waals surface area contributed by atoms with Crippen molar-refractivity contribution in [3.05, 3.63) is 29.8 Å². The standard InChI is InChI=1S/C14H24N4O2/c1-17(8-9-18(2)11-14(19)16-15)10-12-4-6-13(20-3)7-5-12/h4-7H,8-11,15H2,1-3H3,(H,16,19). The Labute approximate surface area is 120 Å². The molecule has 3 N–H and O–H groups in total. The van der Waals surface area contributed by atoms with E-state index in [-0.39, 0.29) is 5.91 Å². The number of nitrogens with one attached hydrogen (secondary N) is 1. The monoisotopic (exact) mass is 280 g/mol. The van der Waals surface area contributed by atoms with Gasteiger partial charge in [0, 0.05) is 19.6 Å². The fourth-order valence-corrected chi connectivity index (χ4v) is 1.83. The zero-order valence-corrected chi connectivity index (χ0v) is 12.4. The molecular formula is C14H24N4O2. The lowest BCUT2D eigenvalue weighted by Crippen LogP contribution is -2.41. The molecule has 0 unspecified atom stereocenters. The molecule has 0 heterocycles. The van der Waals surface area contributed by atoms with Crippen molar-refractivity contribution in [2.24, 2.45) is 5.84 Å². The van der Waals surface area contributed by atoms with Gasteiger partial charge in [-0.1, -0.05) is 12.1 Å². The topological polar surface area (TPSA) is 70.8 Å². The highest BCUT2D eigenvalue weighted by atomic mass is 16.5. The Morgan fingerprint density at radius 2 is 1.80 bits per heavy atom. The molecule has 6 nitrogen and oxygen atoms in total. The molecule has 0 aliphatic rings. The quantitative estimate of drug-likeness (QED) is 0.400. The molecule has 0 bridgehead atoms. The third-order valence-corrected chi connectivity index (χ3v) is 3.05. The molecule has 0 aliphatic heterocycles. The Bertz CT molecular complexity index is 408. The zero-order chi connectivity index (χ0) is 15.0. The Morgan fingerprint density at radius 3 is 2.35 bits per heavy atom. The number of methoxy groups -OCH3 is 1. The lowest BCUT2D eigenvalue weighted by Gasteiger charge is -2.21. The second-order valence-corrected chi connectivity index (χ2v) is 4.89. The lowest BCUT2D eigenvalue weighted by atomic mass is 10.2. The second kappa shape index (κ2) is 8.52. The van der Waals surface area contributed by atoms with Gasteiger partial charge in [-0.25, -0.2) is 5.84 Å². The number of hydrogen-bond acceptors (Lipinski definition) is 5. The van der Waals surface area contributed by atoms with Gasteiger partial charge < -0.3 is 9.64 Å². The number of ether oxygens (including phenoxy) is 1. The molecule has 1 amide bonds. The molecule has 0 saturated heterocycles. The number of hydrogen-bond donors (Lipinski definition) is 2. The van der Waals surface area contributed by atoms with Crippen LogP contribution in [0.3, 0.4) is 0 Å². The van der Waals surface area contributed by atoms with Gasteiger partial charge in [-0.15, -0.1) is 0 Å². The molecule has 6 heteroatoms. The number of likely N-dealkylation sites (N-methyl/N-ethyl adjacent to an activating group) is 2. The van der Waals surface area contributed by atoms with E-state index in [1.807, 2.05) is 24.1 Å². The van der Waals surface area contributed by atoms with Crippen LogP contribution in [0.1, 0.15) is 5.56 Å². The molecule has 0 radical (unpaired) electrons. The fraction of sp³-hybridized carbons (Fsp3) is 0.500. The molecule has 0 fully saturated rings. The number of nitrogens with two attached hydrogens (primary N) is 1. The van der Waals surface area contributed by atoms with E-state index in [2.05, 4.69) is 29.5 Å². The smallest absolute Gasteiger partial charge is 0.248 e. The zero-order valence-electron chi connectivity index (χ0n) is 12.4. The maximum Gasteiger partial charge on any atom is 0.248 e. The Hall–Kier alpha value is -1.63. The summed E-state index contributed by atoms with van der Waals surface area (Å²) < 4.78 is 5.13. The van der Waals surface area contributed by atoms with E-state index in [1.54, 1.807) is 7.11 Å². The molecule has 1 rings (SSSR count). The van der Waals surface area contributed by atoms with Gasteiger partial charge in [-0.05, 0) is 31.8 Å². The van der Waals surface area contributed by atoms with Crippen LogP contribution >= 0.6 is 0 Å².